The van der Waals surface area contributed by atoms with E-state index in [1.165, 1.54) is 0 Å². The van der Waals surface area contributed by atoms with Crippen molar-refractivity contribution >= 4 is 24.3 Å². The number of carbonyl (C=O) groups is 1. The second-order valence-electron chi connectivity index (χ2n) is 5.01. The third-order valence-corrected chi connectivity index (χ3v) is 3.74. The average molecular weight is 309 g/mol. The highest BCUT2D eigenvalue weighted by atomic mass is 35.5. The molecule has 3 rings (SSSR count). The molecule has 1 aromatic heterocycles. The van der Waals surface area contributed by atoms with E-state index in [1.54, 1.807) is 11.5 Å². The number of H-pyrrole nitrogens is 1. The summed E-state index contributed by atoms with van der Waals surface area (Å²) in [4.78, 5) is 21.5. The summed E-state index contributed by atoms with van der Waals surface area (Å²) in [6, 6.07) is 5.53. The highest BCUT2D eigenvalue weighted by Crippen LogP contribution is 2.29. The molecule has 0 spiro atoms. The molecule has 0 atom stereocenters. The summed E-state index contributed by atoms with van der Waals surface area (Å²) >= 11 is 0. The zero-order chi connectivity index (χ0) is 14.3. The van der Waals surface area contributed by atoms with Crippen molar-refractivity contribution in [2.75, 3.05) is 4.90 Å². The molecule has 1 amide bonds. The molecule has 2 aromatic rings. The van der Waals surface area contributed by atoms with Crippen LogP contribution in [0, 0.1) is 13.8 Å². The molecule has 0 saturated carbocycles. The van der Waals surface area contributed by atoms with E-state index in [0.29, 0.717) is 18.7 Å². The van der Waals surface area contributed by atoms with Crippen LogP contribution in [0.15, 0.2) is 18.2 Å². The molecule has 1 aromatic carbocycles. The van der Waals surface area contributed by atoms with Crippen molar-refractivity contribution < 1.29 is 10.0 Å². The van der Waals surface area contributed by atoms with Crippen LogP contribution in [0.5, 0.6) is 0 Å². The van der Waals surface area contributed by atoms with Gasteiger partial charge in [-0.3, -0.25) is 10.0 Å². The first-order valence-corrected chi connectivity index (χ1v) is 6.43. The molecule has 6 nitrogen and oxygen atoms in total. The summed E-state index contributed by atoms with van der Waals surface area (Å²) in [5, 5.41) is 8.81. The number of amides is 1. The van der Waals surface area contributed by atoms with Crippen LogP contribution in [-0.2, 0) is 13.1 Å². The van der Waals surface area contributed by atoms with Crippen molar-refractivity contribution in [2.24, 2.45) is 0 Å². The van der Waals surface area contributed by atoms with Gasteiger partial charge >= 0.3 is 0 Å². The monoisotopic (exact) mass is 308 g/mol. The number of hydroxylamine groups is 1. The van der Waals surface area contributed by atoms with Gasteiger partial charge in [0.1, 0.15) is 0 Å². The molecule has 7 heteroatoms. The Balaban J connectivity index is 0.00000161. The summed E-state index contributed by atoms with van der Waals surface area (Å²) < 4.78 is 0. The van der Waals surface area contributed by atoms with E-state index in [4.69, 9.17) is 5.21 Å². The minimum atomic E-state index is -0.476. The molecule has 21 heavy (non-hydrogen) atoms. The number of aryl methyl sites for hydroxylation is 2. The van der Waals surface area contributed by atoms with Crippen molar-refractivity contribution in [2.45, 2.75) is 26.9 Å². The first kappa shape index (κ1) is 15.3. The van der Waals surface area contributed by atoms with Gasteiger partial charge in [0.2, 0.25) is 5.95 Å². The summed E-state index contributed by atoms with van der Waals surface area (Å²) in [6.07, 6.45) is 0. The smallest absolute Gasteiger partial charge is 0.274 e. The standard InChI is InChI=1S/C14H16N4O2.ClH/c1-8-9(2)16-14(15-8)18-6-10-4-3-5-11(12(10)7-18)13(19)17-20;/h3-5,20H,6-7H2,1-2H3,(H,15,16)(H,17,19);1H. The summed E-state index contributed by atoms with van der Waals surface area (Å²) in [5.41, 5.74) is 6.24. The van der Waals surface area contributed by atoms with E-state index in [2.05, 4.69) is 14.9 Å². The van der Waals surface area contributed by atoms with Gasteiger partial charge in [-0.2, -0.15) is 0 Å². The lowest BCUT2D eigenvalue weighted by Crippen LogP contribution is -2.21. The lowest BCUT2D eigenvalue weighted by Gasteiger charge is -2.13. The molecular formula is C14H17ClN4O2. The molecule has 2 heterocycles. The molecule has 112 valence electrons. The second kappa shape index (κ2) is 5.75. The zero-order valence-electron chi connectivity index (χ0n) is 11.8. The molecule has 3 N–H and O–H groups in total. The number of fused-ring (bicyclic) bond motifs is 1. The Morgan fingerprint density at radius 2 is 2.14 bits per heavy atom. The normalized spacial score (nSPS) is 12.8. The van der Waals surface area contributed by atoms with Crippen molar-refractivity contribution in [3.63, 3.8) is 0 Å². The van der Waals surface area contributed by atoms with E-state index in [1.807, 2.05) is 26.0 Å². The number of rotatable bonds is 2. The molecule has 1 aliphatic rings. The largest absolute Gasteiger partial charge is 0.334 e. The SMILES string of the molecule is Cc1nc(N2Cc3cccc(C(=O)NO)c3C2)[nH]c1C.Cl. The number of anilines is 1. The zero-order valence-corrected chi connectivity index (χ0v) is 12.6. The Bertz CT molecular complexity index is 664. The summed E-state index contributed by atoms with van der Waals surface area (Å²) in [5.74, 6) is 0.335. The third kappa shape index (κ3) is 2.59. The third-order valence-electron chi connectivity index (χ3n) is 3.74. The highest BCUT2D eigenvalue weighted by Gasteiger charge is 2.25. The van der Waals surface area contributed by atoms with E-state index >= 15 is 0 Å². The first-order valence-electron chi connectivity index (χ1n) is 6.43. The topological polar surface area (TPSA) is 81.2 Å². The van der Waals surface area contributed by atoms with Gasteiger partial charge in [0.15, 0.2) is 0 Å². The van der Waals surface area contributed by atoms with E-state index in [-0.39, 0.29) is 12.4 Å². The summed E-state index contributed by atoms with van der Waals surface area (Å²) in [7, 11) is 0. The van der Waals surface area contributed by atoms with Crippen LogP contribution in [-0.4, -0.2) is 21.1 Å². The lowest BCUT2D eigenvalue weighted by molar-refractivity contribution is 0.0705. The Morgan fingerprint density at radius 1 is 1.38 bits per heavy atom. The van der Waals surface area contributed by atoms with Crippen molar-refractivity contribution in [3.8, 4) is 0 Å². The number of aromatic amines is 1. The number of imidazole rings is 1. The van der Waals surface area contributed by atoms with Gasteiger partial charge in [0.25, 0.3) is 5.91 Å². The van der Waals surface area contributed by atoms with Crippen LogP contribution in [0.3, 0.4) is 0 Å². The second-order valence-corrected chi connectivity index (χ2v) is 5.01. The van der Waals surface area contributed by atoms with Crippen molar-refractivity contribution in [3.05, 3.63) is 46.3 Å². The maximum absolute atomic E-state index is 11.7. The number of carbonyl (C=O) groups excluding carboxylic acids is 1. The molecule has 1 aliphatic heterocycles. The van der Waals surface area contributed by atoms with Gasteiger partial charge in [-0.1, -0.05) is 12.1 Å². The molecule has 0 fully saturated rings. The van der Waals surface area contributed by atoms with Crippen LogP contribution >= 0.6 is 12.4 Å². The lowest BCUT2D eigenvalue weighted by atomic mass is 10.0. The van der Waals surface area contributed by atoms with Gasteiger partial charge in [-0.25, -0.2) is 10.5 Å². The van der Waals surface area contributed by atoms with Gasteiger partial charge in [0.05, 0.1) is 5.69 Å². The molecule has 0 aliphatic carbocycles. The molecule has 0 bridgehead atoms. The van der Waals surface area contributed by atoms with Crippen LogP contribution in [0.4, 0.5) is 5.95 Å². The maximum atomic E-state index is 11.7. The van der Waals surface area contributed by atoms with Crippen LogP contribution < -0.4 is 10.4 Å². The van der Waals surface area contributed by atoms with Gasteiger partial charge in [-0.05, 0) is 31.0 Å². The number of hydrogen-bond donors (Lipinski definition) is 3. The van der Waals surface area contributed by atoms with Crippen LogP contribution in [0.2, 0.25) is 0 Å². The van der Waals surface area contributed by atoms with Gasteiger partial charge in [-0.15, -0.1) is 12.4 Å². The Labute approximate surface area is 128 Å². The molecule has 0 radical (unpaired) electrons. The summed E-state index contributed by atoms with van der Waals surface area (Å²) in [6.45, 7) is 5.25. The number of nitrogens with one attached hydrogen (secondary N) is 2. The predicted octanol–water partition coefficient (Wildman–Crippen LogP) is 2.09. The number of halogens is 1. The number of aromatic nitrogens is 2. The van der Waals surface area contributed by atoms with Gasteiger partial charge < -0.3 is 9.88 Å². The van der Waals surface area contributed by atoms with Crippen molar-refractivity contribution in [1.29, 1.82) is 0 Å². The highest BCUT2D eigenvalue weighted by molar-refractivity contribution is 5.95. The van der Waals surface area contributed by atoms with E-state index in [9.17, 15) is 4.79 Å². The predicted molar refractivity (Wildman–Crippen MR) is 80.9 cm³/mol. The Morgan fingerprint density at radius 3 is 2.76 bits per heavy atom. The van der Waals surface area contributed by atoms with Crippen LogP contribution in [0.1, 0.15) is 32.9 Å². The molecular weight excluding hydrogens is 292 g/mol. The minimum absolute atomic E-state index is 0. The average Bonchev–Trinajstić information content (AvgIpc) is 3.01. The fourth-order valence-corrected chi connectivity index (χ4v) is 2.52. The quantitative estimate of drug-likeness (QED) is 0.586. The van der Waals surface area contributed by atoms with Gasteiger partial charge in [0, 0.05) is 24.3 Å². The van der Waals surface area contributed by atoms with E-state index in [0.717, 1.165) is 28.5 Å². The minimum Gasteiger partial charge on any atom is -0.334 e. The number of benzene rings is 1. The fraction of sp³-hybridized carbons (Fsp3) is 0.286. The number of nitrogens with zero attached hydrogens (tertiary/aromatic N) is 2. The van der Waals surface area contributed by atoms with Crippen LogP contribution in [0.25, 0.3) is 0 Å². The molecule has 0 unspecified atom stereocenters. The van der Waals surface area contributed by atoms with E-state index < -0.39 is 5.91 Å². The Hall–Kier alpha value is -2.05. The molecule has 0 saturated heterocycles. The Kier molecular flexibility index (Phi) is 4.20. The maximum Gasteiger partial charge on any atom is 0.274 e. The number of hydrogen-bond acceptors (Lipinski definition) is 4. The van der Waals surface area contributed by atoms with Crippen molar-refractivity contribution in [1.82, 2.24) is 15.4 Å². The fourth-order valence-electron chi connectivity index (χ4n) is 2.52. The first-order chi connectivity index (χ1) is 9.60.